The second-order valence-electron chi connectivity index (χ2n) is 11.4. The minimum atomic E-state index is 1.13. The first-order valence-corrected chi connectivity index (χ1v) is 16.1. The lowest BCUT2D eigenvalue weighted by Gasteiger charge is -2.25. The van der Waals surface area contributed by atoms with Crippen LogP contribution in [-0.2, 0) is 0 Å². The first-order chi connectivity index (χ1) is 22.3. The number of para-hydroxylation sites is 2. The van der Waals surface area contributed by atoms with Crippen molar-refractivity contribution in [3.63, 3.8) is 0 Å². The van der Waals surface area contributed by atoms with Gasteiger partial charge in [0, 0.05) is 53.7 Å². The second-order valence-corrected chi connectivity index (χ2v) is 12.4. The van der Waals surface area contributed by atoms with Crippen LogP contribution in [0.3, 0.4) is 0 Å². The van der Waals surface area contributed by atoms with Gasteiger partial charge in [0.15, 0.2) is 0 Å². The molecular weight excluding hydrogens is 565 g/mol. The van der Waals surface area contributed by atoms with Crippen LogP contribution in [0.25, 0.3) is 58.8 Å². The molecule has 0 N–H and O–H groups in total. The molecular formula is C42H28N2S. The Balaban J connectivity index is 1.33. The lowest BCUT2D eigenvalue weighted by atomic mass is 10.1. The molecule has 0 radical (unpaired) electrons. The number of fused-ring (bicyclic) bond motifs is 7. The number of thiophene rings is 1. The van der Waals surface area contributed by atoms with Crippen molar-refractivity contribution in [3.8, 4) is 16.8 Å². The molecule has 0 saturated carbocycles. The summed E-state index contributed by atoms with van der Waals surface area (Å²) < 4.78 is 5.09. The minimum Gasteiger partial charge on any atom is -0.310 e. The standard InChI is InChI=1S/C42H28N2S/c1-4-12-29(13-5-1)30-20-22-33(23-21-30)44-38-26-24-34(43(31-14-6-2-7-15-31)32-16-8-3-9-17-32)28-37(38)41-39(44)27-25-36-35-18-10-11-19-40(35)45-42(36)41/h1-28H. The number of rotatable bonds is 5. The summed E-state index contributed by atoms with van der Waals surface area (Å²) in [6.45, 7) is 0. The molecule has 9 aromatic rings. The SMILES string of the molecule is c1ccc(-c2ccc(-n3c4ccc(N(c5ccccc5)c5ccccc5)cc4c4c5sc6ccccc6c5ccc43)cc2)cc1. The largest absolute Gasteiger partial charge is 0.310 e. The van der Waals surface area contributed by atoms with E-state index < -0.39 is 0 Å². The summed E-state index contributed by atoms with van der Waals surface area (Å²) >= 11 is 1.89. The van der Waals surface area contributed by atoms with E-state index in [2.05, 4.69) is 179 Å². The van der Waals surface area contributed by atoms with Crippen LogP contribution >= 0.6 is 11.3 Å². The fourth-order valence-electron chi connectivity index (χ4n) is 6.73. The number of hydrogen-bond acceptors (Lipinski definition) is 2. The van der Waals surface area contributed by atoms with Gasteiger partial charge in [-0.25, -0.2) is 0 Å². The molecule has 0 aliphatic heterocycles. The van der Waals surface area contributed by atoms with Gasteiger partial charge in [-0.3, -0.25) is 0 Å². The summed E-state index contributed by atoms with van der Waals surface area (Å²) in [6, 6.07) is 61.2. The molecule has 2 heterocycles. The molecule has 0 bridgehead atoms. The molecule has 0 aliphatic carbocycles. The zero-order valence-electron chi connectivity index (χ0n) is 24.5. The molecule has 0 saturated heterocycles. The summed E-state index contributed by atoms with van der Waals surface area (Å²) in [5.74, 6) is 0. The van der Waals surface area contributed by atoms with Crippen molar-refractivity contribution in [3.05, 3.63) is 170 Å². The molecule has 7 aromatic carbocycles. The van der Waals surface area contributed by atoms with Crippen LogP contribution < -0.4 is 4.90 Å². The molecule has 0 unspecified atom stereocenters. The van der Waals surface area contributed by atoms with Crippen LogP contribution in [0.4, 0.5) is 17.1 Å². The van der Waals surface area contributed by atoms with E-state index in [1.54, 1.807) is 0 Å². The van der Waals surface area contributed by atoms with E-state index >= 15 is 0 Å². The van der Waals surface area contributed by atoms with Crippen LogP contribution in [0.15, 0.2) is 170 Å². The Morgan fingerprint density at radius 3 is 1.73 bits per heavy atom. The third-order valence-corrected chi connectivity index (χ3v) is 9.98. The van der Waals surface area contributed by atoms with Crippen molar-refractivity contribution in [1.82, 2.24) is 4.57 Å². The zero-order chi connectivity index (χ0) is 29.7. The van der Waals surface area contributed by atoms with Gasteiger partial charge >= 0.3 is 0 Å². The summed E-state index contributed by atoms with van der Waals surface area (Å²) in [6.07, 6.45) is 0. The van der Waals surface area contributed by atoms with E-state index in [-0.39, 0.29) is 0 Å². The lowest BCUT2D eigenvalue weighted by Crippen LogP contribution is -2.09. The molecule has 9 rings (SSSR count). The van der Waals surface area contributed by atoms with Gasteiger partial charge in [0.25, 0.3) is 0 Å². The van der Waals surface area contributed by atoms with Gasteiger partial charge in [0.1, 0.15) is 0 Å². The van der Waals surface area contributed by atoms with E-state index in [1.165, 1.54) is 53.1 Å². The molecule has 0 spiro atoms. The highest BCUT2D eigenvalue weighted by Gasteiger charge is 2.20. The van der Waals surface area contributed by atoms with Crippen molar-refractivity contribution in [1.29, 1.82) is 0 Å². The summed E-state index contributed by atoms with van der Waals surface area (Å²) in [5.41, 5.74) is 9.43. The molecule has 0 amide bonds. The van der Waals surface area contributed by atoms with Crippen molar-refractivity contribution >= 4 is 70.4 Å². The average molecular weight is 593 g/mol. The molecule has 45 heavy (non-hydrogen) atoms. The van der Waals surface area contributed by atoms with Gasteiger partial charge in [-0.15, -0.1) is 11.3 Å². The third kappa shape index (κ3) is 4.24. The summed E-state index contributed by atoms with van der Waals surface area (Å²) in [7, 11) is 0. The van der Waals surface area contributed by atoms with Gasteiger partial charge in [-0.2, -0.15) is 0 Å². The van der Waals surface area contributed by atoms with Gasteiger partial charge < -0.3 is 9.47 Å². The maximum Gasteiger partial charge on any atom is 0.0555 e. The van der Waals surface area contributed by atoms with Gasteiger partial charge in [0.2, 0.25) is 0 Å². The Hall–Kier alpha value is -5.64. The molecule has 0 aliphatic rings. The van der Waals surface area contributed by atoms with Crippen LogP contribution in [0.5, 0.6) is 0 Å². The monoisotopic (exact) mass is 592 g/mol. The lowest BCUT2D eigenvalue weighted by molar-refractivity contribution is 1.18. The minimum absolute atomic E-state index is 1.13. The maximum absolute atomic E-state index is 2.43. The normalized spacial score (nSPS) is 11.6. The van der Waals surface area contributed by atoms with Crippen LogP contribution in [0.2, 0.25) is 0 Å². The van der Waals surface area contributed by atoms with Crippen molar-refractivity contribution in [2.75, 3.05) is 4.90 Å². The highest BCUT2D eigenvalue weighted by molar-refractivity contribution is 7.26. The predicted molar refractivity (Wildman–Crippen MR) is 194 cm³/mol. The molecule has 2 aromatic heterocycles. The van der Waals surface area contributed by atoms with E-state index in [4.69, 9.17) is 0 Å². The Bertz CT molecular complexity index is 2420. The van der Waals surface area contributed by atoms with Gasteiger partial charge in [0.05, 0.1) is 11.0 Å². The number of benzene rings is 7. The van der Waals surface area contributed by atoms with Crippen LogP contribution in [0.1, 0.15) is 0 Å². The van der Waals surface area contributed by atoms with E-state index in [0.29, 0.717) is 0 Å². The maximum atomic E-state index is 2.43. The van der Waals surface area contributed by atoms with Crippen molar-refractivity contribution < 1.29 is 0 Å². The second kappa shape index (κ2) is 10.5. The Labute approximate surface area is 265 Å². The quantitative estimate of drug-likeness (QED) is 0.193. The molecule has 0 atom stereocenters. The zero-order valence-corrected chi connectivity index (χ0v) is 25.3. The number of hydrogen-bond donors (Lipinski definition) is 0. The van der Waals surface area contributed by atoms with Gasteiger partial charge in [-0.1, -0.05) is 103 Å². The number of anilines is 3. The van der Waals surface area contributed by atoms with Crippen LogP contribution in [-0.4, -0.2) is 4.57 Å². The van der Waals surface area contributed by atoms with Crippen molar-refractivity contribution in [2.24, 2.45) is 0 Å². The average Bonchev–Trinajstić information content (AvgIpc) is 3.65. The fourth-order valence-corrected chi connectivity index (χ4v) is 7.99. The first kappa shape index (κ1) is 25.8. The van der Waals surface area contributed by atoms with Crippen LogP contribution in [0, 0.1) is 0 Å². The highest BCUT2D eigenvalue weighted by Crippen LogP contribution is 2.45. The number of nitrogens with zero attached hydrogens (tertiary/aromatic N) is 2. The topological polar surface area (TPSA) is 8.17 Å². The third-order valence-electron chi connectivity index (χ3n) is 8.78. The molecule has 2 nitrogen and oxygen atoms in total. The predicted octanol–water partition coefficient (Wildman–Crippen LogP) is 12.3. The summed E-state index contributed by atoms with van der Waals surface area (Å²) in [4.78, 5) is 2.35. The highest BCUT2D eigenvalue weighted by atomic mass is 32.1. The Morgan fingerprint density at radius 2 is 1.02 bits per heavy atom. The van der Waals surface area contributed by atoms with Gasteiger partial charge in [-0.05, 0) is 77.9 Å². The molecule has 3 heteroatoms. The summed E-state index contributed by atoms with van der Waals surface area (Å²) in [5, 5.41) is 5.19. The van der Waals surface area contributed by atoms with E-state index in [1.807, 2.05) is 11.3 Å². The Morgan fingerprint density at radius 1 is 0.422 bits per heavy atom. The first-order valence-electron chi connectivity index (χ1n) is 15.3. The fraction of sp³-hybridized carbons (Fsp3) is 0. The van der Waals surface area contributed by atoms with E-state index in [0.717, 1.165) is 22.7 Å². The Kier molecular flexibility index (Phi) is 6.03. The van der Waals surface area contributed by atoms with E-state index in [9.17, 15) is 0 Å². The van der Waals surface area contributed by atoms with Crippen molar-refractivity contribution in [2.45, 2.75) is 0 Å². The smallest absolute Gasteiger partial charge is 0.0555 e. The molecule has 0 fully saturated rings. The molecule has 212 valence electrons. The number of aromatic nitrogens is 1.